The van der Waals surface area contributed by atoms with Crippen molar-refractivity contribution in [2.75, 3.05) is 33.4 Å². The highest BCUT2D eigenvalue weighted by Gasteiger charge is 2.24. The first-order valence-corrected chi connectivity index (χ1v) is 6.86. The fraction of sp³-hybridized carbons (Fsp3) is 1.00. The third kappa shape index (κ3) is 3.72. The number of nitrogens with one attached hydrogen (secondary N) is 1. The van der Waals surface area contributed by atoms with Crippen molar-refractivity contribution in [3.63, 3.8) is 0 Å². The fourth-order valence-electron chi connectivity index (χ4n) is 2.99. The van der Waals surface area contributed by atoms with Crippen LogP contribution in [0.25, 0.3) is 0 Å². The summed E-state index contributed by atoms with van der Waals surface area (Å²) >= 11 is 0. The Bertz CT molecular complexity index is 192. The maximum Gasteiger partial charge on any atom is 0.0589 e. The topological polar surface area (TPSA) is 24.5 Å². The lowest BCUT2D eigenvalue weighted by atomic mass is 9.95. The third-order valence-electron chi connectivity index (χ3n) is 3.96. The summed E-state index contributed by atoms with van der Waals surface area (Å²) < 4.78 is 5.13. The summed E-state index contributed by atoms with van der Waals surface area (Å²) in [6.07, 6.45) is 8.42. The molecule has 0 unspecified atom stereocenters. The molecule has 2 fully saturated rings. The number of rotatable bonds is 5. The van der Waals surface area contributed by atoms with Crippen LogP contribution in [-0.2, 0) is 4.74 Å². The highest BCUT2D eigenvalue weighted by Crippen LogP contribution is 2.19. The van der Waals surface area contributed by atoms with Crippen LogP contribution in [0.1, 0.15) is 38.5 Å². The van der Waals surface area contributed by atoms with Gasteiger partial charge in [0.15, 0.2) is 0 Å². The molecule has 0 aromatic heterocycles. The van der Waals surface area contributed by atoms with E-state index in [1.54, 1.807) is 7.11 Å². The van der Waals surface area contributed by atoms with Gasteiger partial charge in [0.1, 0.15) is 0 Å². The Morgan fingerprint density at radius 1 is 1.12 bits per heavy atom. The summed E-state index contributed by atoms with van der Waals surface area (Å²) in [6.45, 7) is 4.43. The van der Waals surface area contributed by atoms with Crippen LogP contribution in [0.3, 0.4) is 0 Å². The van der Waals surface area contributed by atoms with Gasteiger partial charge in [0, 0.05) is 32.3 Å². The smallest absolute Gasteiger partial charge is 0.0589 e. The number of ether oxygens (including phenoxy) is 1. The molecule has 0 bridgehead atoms. The second-order valence-electron chi connectivity index (χ2n) is 5.28. The molecule has 1 aliphatic carbocycles. The van der Waals surface area contributed by atoms with Crippen LogP contribution in [0.2, 0.25) is 0 Å². The maximum absolute atomic E-state index is 5.13. The summed E-state index contributed by atoms with van der Waals surface area (Å²) in [5.41, 5.74) is 0. The van der Waals surface area contributed by atoms with E-state index in [1.807, 2.05) is 0 Å². The number of nitrogens with zero attached hydrogens (tertiary/aromatic N) is 1. The van der Waals surface area contributed by atoms with Gasteiger partial charge in [0.05, 0.1) is 6.61 Å². The summed E-state index contributed by atoms with van der Waals surface area (Å²) in [5, 5.41) is 3.84. The highest BCUT2D eigenvalue weighted by molar-refractivity contribution is 4.84. The summed E-state index contributed by atoms with van der Waals surface area (Å²) in [4.78, 5) is 2.52. The van der Waals surface area contributed by atoms with Crippen molar-refractivity contribution in [1.82, 2.24) is 10.2 Å². The monoisotopic (exact) mass is 226 g/mol. The minimum atomic E-state index is 0.736. The summed E-state index contributed by atoms with van der Waals surface area (Å²) in [6, 6.07) is 1.54. The molecule has 0 aromatic carbocycles. The van der Waals surface area contributed by atoms with Crippen LogP contribution in [0, 0.1) is 0 Å². The SMILES string of the molecule is COCCN1CC[C@H](NC2CCCCC2)C1. The summed E-state index contributed by atoms with van der Waals surface area (Å²) in [5.74, 6) is 0. The van der Waals surface area contributed by atoms with E-state index in [1.165, 1.54) is 51.6 Å². The lowest BCUT2D eigenvalue weighted by Gasteiger charge is -2.26. The molecule has 1 saturated heterocycles. The van der Waals surface area contributed by atoms with Gasteiger partial charge in [-0.2, -0.15) is 0 Å². The third-order valence-corrected chi connectivity index (χ3v) is 3.96. The lowest BCUT2D eigenvalue weighted by Crippen LogP contribution is -2.41. The van der Waals surface area contributed by atoms with E-state index in [2.05, 4.69) is 10.2 Å². The van der Waals surface area contributed by atoms with Crippen molar-refractivity contribution >= 4 is 0 Å². The van der Waals surface area contributed by atoms with Gasteiger partial charge in [0.25, 0.3) is 0 Å². The van der Waals surface area contributed by atoms with Crippen molar-refractivity contribution in [2.24, 2.45) is 0 Å². The zero-order valence-electron chi connectivity index (χ0n) is 10.6. The maximum atomic E-state index is 5.13. The van der Waals surface area contributed by atoms with Crippen molar-refractivity contribution in [1.29, 1.82) is 0 Å². The van der Waals surface area contributed by atoms with Crippen molar-refractivity contribution in [3.05, 3.63) is 0 Å². The zero-order valence-corrected chi connectivity index (χ0v) is 10.6. The van der Waals surface area contributed by atoms with Crippen LogP contribution in [-0.4, -0.2) is 50.3 Å². The molecule has 3 heteroatoms. The van der Waals surface area contributed by atoms with Gasteiger partial charge in [0.2, 0.25) is 0 Å². The molecular weight excluding hydrogens is 200 g/mol. The molecule has 1 N–H and O–H groups in total. The standard InChI is InChI=1S/C13H26N2O/c1-16-10-9-15-8-7-13(11-15)14-12-5-3-2-4-6-12/h12-14H,2-11H2,1H3/t13-/m0/s1. The second-order valence-corrected chi connectivity index (χ2v) is 5.28. The first-order valence-electron chi connectivity index (χ1n) is 6.86. The minimum absolute atomic E-state index is 0.736. The van der Waals surface area contributed by atoms with Gasteiger partial charge in [-0.15, -0.1) is 0 Å². The molecule has 1 saturated carbocycles. The van der Waals surface area contributed by atoms with Crippen LogP contribution in [0.15, 0.2) is 0 Å². The quantitative estimate of drug-likeness (QED) is 0.771. The van der Waals surface area contributed by atoms with E-state index in [-0.39, 0.29) is 0 Å². The van der Waals surface area contributed by atoms with E-state index >= 15 is 0 Å². The molecule has 1 atom stereocenters. The van der Waals surface area contributed by atoms with Gasteiger partial charge in [-0.1, -0.05) is 19.3 Å². The Morgan fingerprint density at radius 2 is 1.94 bits per heavy atom. The average Bonchev–Trinajstić information content (AvgIpc) is 2.75. The predicted molar refractivity (Wildman–Crippen MR) is 66.7 cm³/mol. The van der Waals surface area contributed by atoms with Crippen LogP contribution >= 0.6 is 0 Å². The van der Waals surface area contributed by atoms with Crippen molar-refractivity contribution < 1.29 is 4.74 Å². The highest BCUT2D eigenvalue weighted by atomic mass is 16.5. The van der Waals surface area contributed by atoms with Gasteiger partial charge in [-0.3, -0.25) is 4.90 Å². The van der Waals surface area contributed by atoms with E-state index < -0.39 is 0 Å². The lowest BCUT2D eigenvalue weighted by molar-refractivity contribution is 0.159. The molecule has 1 aliphatic heterocycles. The largest absolute Gasteiger partial charge is 0.383 e. The molecule has 0 aromatic rings. The van der Waals surface area contributed by atoms with Gasteiger partial charge < -0.3 is 10.1 Å². The van der Waals surface area contributed by atoms with E-state index in [0.29, 0.717) is 0 Å². The molecule has 16 heavy (non-hydrogen) atoms. The van der Waals surface area contributed by atoms with Crippen LogP contribution in [0.4, 0.5) is 0 Å². The Labute approximate surface area is 99.5 Å². The molecule has 0 radical (unpaired) electrons. The van der Waals surface area contributed by atoms with Crippen LogP contribution in [0.5, 0.6) is 0 Å². The first-order chi connectivity index (χ1) is 7.88. The van der Waals surface area contributed by atoms with E-state index in [9.17, 15) is 0 Å². The molecule has 94 valence electrons. The molecule has 0 spiro atoms. The minimum Gasteiger partial charge on any atom is -0.383 e. The molecule has 1 heterocycles. The molecule has 2 aliphatic rings. The van der Waals surface area contributed by atoms with Gasteiger partial charge >= 0.3 is 0 Å². The summed E-state index contributed by atoms with van der Waals surface area (Å²) in [7, 11) is 1.79. The molecular formula is C13H26N2O. The number of likely N-dealkylation sites (tertiary alicyclic amines) is 1. The molecule has 2 rings (SSSR count). The zero-order chi connectivity index (χ0) is 11.2. The number of hydrogen-bond acceptors (Lipinski definition) is 3. The van der Waals surface area contributed by atoms with Crippen LogP contribution < -0.4 is 5.32 Å². The van der Waals surface area contributed by atoms with Gasteiger partial charge in [-0.25, -0.2) is 0 Å². The normalized spacial score (nSPS) is 28.7. The Hall–Kier alpha value is -0.120. The fourth-order valence-corrected chi connectivity index (χ4v) is 2.99. The Morgan fingerprint density at radius 3 is 2.69 bits per heavy atom. The van der Waals surface area contributed by atoms with Crippen molar-refractivity contribution in [2.45, 2.75) is 50.6 Å². The second kappa shape index (κ2) is 6.58. The van der Waals surface area contributed by atoms with E-state index in [4.69, 9.17) is 4.74 Å². The number of methoxy groups -OCH3 is 1. The number of hydrogen-bond donors (Lipinski definition) is 1. The van der Waals surface area contributed by atoms with E-state index in [0.717, 1.165) is 25.2 Å². The molecule has 3 nitrogen and oxygen atoms in total. The Balaban J connectivity index is 1.63. The first kappa shape index (κ1) is 12.3. The van der Waals surface area contributed by atoms with Gasteiger partial charge in [-0.05, 0) is 25.8 Å². The van der Waals surface area contributed by atoms with Crippen molar-refractivity contribution in [3.8, 4) is 0 Å². The molecule has 0 amide bonds. The average molecular weight is 226 g/mol. The predicted octanol–water partition coefficient (Wildman–Crippen LogP) is 1.63. The Kier molecular flexibility index (Phi) is 5.07.